The number of aliphatic hydroxyl groups is 1. The molecule has 2 N–H and O–H groups in total. The van der Waals surface area contributed by atoms with Gasteiger partial charge in [-0.05, 0) is 85.4 Å². The normalized spacial score (nSPS) is 32.4. The van der Waals surface area contributed by atoms with E-state index in [-0.39, 0.29) is 17.1 Å². The van der Waals surface area contributed by atoms with Crippen molar-refractivity contribution in [2.45, 2.75) is 62.1 Å². The van der Waals surface area contributed by atoms with Crippen LogP contribution in [0.15, 0.2) is 49.1 Å². The Labute approximate surface area is 229 Å². The predicted octanol–water partition coefficient (Wildman–Crippen LogP) is 5.63. The fourth-order valence-electron chi connectivity index (χ4n) is 7.20. The first-order valence-corrected chi connectivity index (χ1v) is 14.2. The summed E-state index contributed by atoms with van der Waals surface area (Å²) in [7, 11) is 0. The zero-order valence-corrected chi connectivity index (χ0v) is 22.5. The van der Waals surface area contributed by atoms with Crippen molar-refractivity contribution in [2.24, 2.45) is 11.8 Å². The third-order valence-corrected chi connectivity index (χ3v) is 9.73. The lowest BCUT2D eigenvalue weighted by Gasteiger charge is -2.48. The van der Waals surface area contributed by atoms with Crippen LogP contribution in [0.5, 0.6) is 5.75 Å². The van der Waals surface area contributed by atoms with Crippen molar-refractivity contribution < 1.29 is 24.5 Å². The summed E-state index contributed by atoms with van der Waals surface area (Å²) in [6.07, 6.45) is 8.07. The molecule has 1 unspecified atom stereocenters. The number of rotatable bonds is 5. The van der Waals surface area contributed by atoms with Gasteiger partial charge in [0.25, 0.3) is 0 Å². The van der Waals surface area contributed by atoms with E-state index in [0.29, 0.717) is 37.9 Å². The first-order valence-electron chi connectivity index (χ1n) is 13.8. The lowest BCUT2D eigenvalue weighted by Crippen LogP contribution is -2.52. The Morgan fingerprint density at radius 3 is 2.84 bits per heavy atom. The van der Waals surface area contributed by atoms with Crippen LogP contribution in [0.3, 0.4) is 0 Å². The molecule has 7 heteroatoms. The molecule has 2 fully saturated rings. The van der Waals surface area contributed by atoms with Crippen molar-refractivity contribution in [1.29, 1.82) is 0 Å². The van der Waals surface area contributed by atoms with Gasteiger partial charge in [0.05, 0.1) is 36.2 Å². The van der Waals surface area contributed by atoms with Gasteiger partial charge < -0.3 is 24.6 Å². The molecule has 2 aliphatic carbocycles. The number of carbonyl (C=O) groups is 1. The van der Waals surface area contributed by atoms with Gasteiger partial charge in [0.2, 0.25) is 0 Å². The minimum absolute atomic E-state index is 0.00469. The average Bonchev–Trinajstić information content (AvgIpc) is 3.03. The SMILES string of the molecule is C=C[C@@]1(O)CCO[C@@H]([C@@H]2CC[C@H]2CN2CC3(CCCc4cc(Cl)ccc43)COc3ccc(C(=O)O)cc32)C1. The molecule has 202 valence electrons. The maximum absolute atomic E-state index is 11.9. The van der Waals surface area contributed by atoms with E-state index < -0.39 is 11.6 Å². The number of aromatic carboxylic acids is 1. The highest BCUT2D eigenvalue weighted by atomic mass is 35.5. The summed E-state index contributed by atoms with van der Waals surface area (Å²) >= 11 is 6.37. The Morgan fingerprint density at radius 1 is 1.21 bits per heavy atom. The number of fused-ring (bicyclic) bond motifs is 3. The van der Waals surface area contributed by atoms with Crippen molar-refractivity contribution in [1.82, 2.24) is 0 Å². The second-order valence-corrected chi connectivity index (χ2v) is 12.2. The first-order chi connectivity index (χ1) is 18.3. The molecular weight excluding hydrogens is 502 g/mol. The molecule has 0 amide bonds. The van der Waals surface area contributed by atoms with Crippen molar-refractivity contribution in [3.63, 3.8) is 0 Å². The molecule has 4 aliphatic rings. The van der Waals surface area contributed by atoms with Crippen LogP contribution in [0, 0.1) is 11.8 Å². The van der Waals surface area contributed by atoms with Crippen LogP contribution < -0.4 is 9.64 Å². The molecule has 0 bridgehead atoms. The van der Waals surface area contributed by atoms with Crippen LogP contribution in [0.4, 0.5) is 5.69 Å². The second kappa shape index (κ2) is 9.89. The Bertz CT molecular complexity index is 1250. The molecule has 2 aromatic rings. The fraction of sp³-hybridized carbons (Fsp3) is 0.516. The second-order valence-electron chi connectivity index (χ2n) is 11.8. The summed E-state index contributed by atoms with van der Waals surface area (Å²) in [6, 6.07) is 11.4. The van der Waals surface area contributed by atoms with E-state index >= 15 is 0 Å². The third-order valence-electron chi connectivity index (χ3n) is 9.49. The molecule has 1 spiro atoms. The van der Waals surface area contributed by atoms with Crippen LogP contribution in [0.1, 0.15) is 60.0 Å². The summed E-state index contributed by atoms with van der Waals surface area (Å²) in [5.74, 6) is 0.534. The first kappa shape index (κ1) is 25.7. The van der Waals surface area contributed by atoms with Crippen LogP contribution in [0.25, 0.3) is 0 Å². The fourth-order valence-corrected chi connectivity index (χ4v) is 7.39. The van der Waals surface area contributed by atoms with E-state index in [2.05, 4.69) is 23.6 Å². The maximum atomic E-state index is 11.9. The maximum Gasteiger partial charge on any atom is 0.335 e. The molecule has 2 aliphatic heterocycles. The van der Waals surface area contributed by atoms with Crippen LogP contribution in [-0.2, 0) is 16.6 Å². The van der Waals surface area contributed by atoms with E-state index in [1.54, 1.807) is 18.2 Å². The zero-order valence-electron chi connectivity index (χ0n) is 21.7. The largest absolute Gasteiger partial charge is 0.490 e. The number of aryl methyl sites for hydroxylation is 1. The summed E-state index contributed by atoms with van der Waals surface area (Å²) in [5.41, 5.74) is 2.62. The molecule has 0 radical (unpaired) electrons. The summed E-state index contributed by atoms with van der Waals surface area (Å²) in [4.78, 5) is 14.3. The number of carboxylic acid groups (broad SMARTS) is 1. The van der Waals surface area contributed by atoms with E-state index in [9.17, 15) is 15.0 Å². The minimum atomic E-state index is -0.940. The van der Waals surface area contributed by atoms with E-state index in [4.69, 9.17) is 21.1 Å². The number of hydrogen-bond acceptors (Lipinski definition) is 5. The molecule has 2 heterocycles. The topological polar surface area (TPSA) is 79.2 Å². The Hall–Kier alpha value is -2.54. The number of halogens is 1. The van der Waals surface area contributed by atoms with Crippen molar-refractivity contribution in [3.8, 4) is 5.75 Å². The molecule has 2 aromatic carbocycles. The van der Waals surface area contributed by atoms with Gasteiger partial charge in [0.1, 0.15) is 5.75 Å². The highest BCUT2D eigenvalue weighted by molar-refractivity contribution is 6.30. The molecular formula is C31H36ClNO5. The van der Waals surface area contributed by atoms with Crippen LogP contribution >= 0.6 is 11.6 Å². The molecule has 1 saturated heterocycles. The van der Waals surface area contributed by atoms with Gasteiger partial charge in [-0.2, -0.15) is 0 Å². The monoisotopic (exact) mass is 537 g/mol. The molecule has 38 heavy (non-hydrogen) atoms. The Morgan fingerprint density at radius 2 is 2.08 bits per heavy atom. The number of carboxylic acids is 1. The Kier molecular flexibility index (Phi) is 6.69. The van der Waals surface area contributed by atoms with Crippen LogP contribution in [-0.4, -0.2) is 54.2 Å². The Balaban J connectivity index is 1.33. The highest BCUT2D eigenvalue weighted by Gasteiger charge is 2.46. The number of nitrogens with zero attached hydrogens (tertiary/aromatic N) is 1. The van der Waals surface area contributed by atoms with Gasteiger partial charge in [0.15, 0.2) is 0 Å². The third kappa shape index (κ3) is 4.61. The molecule has 1 saturated carbocycles. The molecule has 6 nitrogen and oxygen atoms in total. The van der Waals surface area contributed by atoms with Crippen molar-refractivity contribution in [3.05, 3.63) is 70.8 Å². The van der Waals surface area contributed by atoms with Gasteiger partial charge in [-0.3, -0.25) is 0 Å². The van der Waals surface area contributed by atoms with Crippen molar-refractivity contribution in [2.75, 3.05) is 31.2 Å². The zero-order chi connectivity index (χ0) is 26.5. The van der Waals surface area contributed by atoms with Gasteiger partial charge >= 0.3 is 5.97 Å². The lowest BCUT2D eigenvalue weighted by molar-refractivity contribution is -0.125. The lowest BCUT2D eigenvalue weighted by atomic mass is 9.67. The van der Waals surface area contributed by atoms with E-state index in [0.717, 1.165) is 61.7 Å². The molecule has 5 atom stereocenters. The van der Waals surface area contributed by atoms with Crippen molar-refractivity contribution >= 4 is 23.3 Å². The number of benzene rings is 2. The van der Waals surface area contributed by atoms with Gasteiger partial charge in [0, 0.05) is 36.4 Å². The molecule has 6 rings (SSSR count). The number of anilines is 1. The summed E-state index contributed by atoms with van der Waals surface area (Å²) in [6.45, 7) is 6.49. The standard InChI is InChI=1S/C31H36ClNO5/c1-2-31(36)12-13-37-28(16-31)24-8-5-22(24)17-33-18-30(11-3-4-20-14-23(32)7-9-25(20)30)19-38-27-10-6-21(29(34)35)15-26(27)33/h2,6-7,9-10,14-15,22,24,28,36H,1,3-5,8,11-13,16-19H2,(H,34,35)/t22-,24+,28+,30?,31+/m0/s1. The number of hydrogen-bond donors (Lipinski definition) is 2. The number of ether oxygens (including phenoxy) is 2. The summed E-state index contributed by atoms with van der Waals surface area (Å²) < 4.78 is 12.6. The van der Waals surface area contributed by atoms with Gasteiger partial charge in [-0.25, -0.2) is 4.79 Å². The smallest absolute Gasteiger partial charge is 0.335 e. The van der Waals surface area contributed by atoms with Gasteiger partial charge in [-0.15, -0.1) is 6.58 Å². The average molecular weight is 538 g/mol. The van der Waals surface area contributed by atoms with Gasteiger partial charge in [-0.1, -0.05) is 23.7 Å². The predicted molar refractivity (Wildman–Crippen MR) is 148 cm³/mol. The van der Waals surface area contributed by atoms with Crippen LogP contribution in [0.2, 0.25) is 5.02 Å². The van der Waals surface area contributed by atoms with E-state index in [1.165, 1.54) is 11.1 Å². The van der Waals surface area contributed by atoms with E-state index in [1.807, 2.05) is 12.1 Å². The quantitative estimate of drug-likeness (QED) is 0.481. The minimum Gasteiger partial charge on any atom is -0.490 e. The summed E-state index contributed by atoms with van der Waals surface area (Å²) in [5, 5.41) is 21.4. The molecule has 0 aromatic heterocycles. The highest BCUT2D eigenvalue weighted by Crippen LogP contribution is 2.48.